The van der Waals surface area contributed by atoms with Crippen molar-refractivity contribution in [3.63, 3.8) is 0 Å². The molecule has 1 saturated carbocycles. The third-order valence-electron chi connectivity index (χ3n) is 7.22. The predicted molar refractivity (Wildman–Crippen MR) is 151 cm³/mol. The normalized spacial score (nSPS) is 21.3. The van der Waals surface area contributed by atoms with E-state index in [1.165, 1.54) is 11.3 Å². The number of fused-ring (bicyclic) bond motifs is 2. The van der Waals surface area contributed by atoms with Crippen LogP contribution in [-0.4, -0.2) is 77.3 Å². The fourth-order valence-corrected chi connectivity index (χ4v) is 6.49. The van der Waals surface area contributed by atoms with E-state index < -0.39 is 6.04 Å². The number of benzene rings is 1. The van der Waals surface area contributed by atoms with Crippen LogP contribution in [0.5, 0.6) is 0 Å². The molecule has 1 aliphatic carbocycles. The van der Waals surface area contributed by atoms with Crippen molar-refractivity contribution in [2.45, 2.75) is 44.3 Å². The molecular weight excluding hydrogens is 547 g/mol. The second-order valence-corrected chi connectivity index (χ2v) is 11.7. The van der Waals surface area contributed by atoms with Gasteiger partial charge in [0.05, 0.1) is 11.7 Å². The minimum atomic E-state index is -0.401. The molecule has 0 radical (unpaired) electrons. The Bertz CT molecular complexity index is 1360. The van der Waals surface area contributed by atoms with Gasteiger partial charge in [0.25, 0.3) is 11.8 Å². The van der Waals surface area contributed by atoms with Gasteiger partial charge in [0.15, 0.2) is 5.01 Å². The predicted octanol–water partition coefficient (Wildman–Crippen LogP) is 3.47. The molecule has 5 rings (SSSR count). The number of nitrogens with zero attached hydrogens (tertiary/aromatic N) is 3. The number of aromatic amines is 1. The van der Waals surface area contributed by atoms with Crippen LogP contribution in [0.25, 0.3) is 10.9 Å². The number of H-pyrrole nitrogens is 1. The molecule has 3 amide bonds. The summed E-state index contributed by atoms with van der Waals surface area (Å²) < 4.78 is 0. The van der Waals surface area contributed by atoms with E-state index in [2.05, 4.69) is 32.5 Å². The number of rotatable bonds is 5. The summed E-state index contributed by atoms with van der Waals surface area (Å²) >= 11 is 7.51. The van der Waals surface area contributed by atoms with Crippen molar-refractivity contribution < 1.29 is 14.4 Å². The largest absolute Gasteiger partial charge is 0.351 e. The SMILES string of the molecule is CN1CCc2nc(C(=O)N[C@H]3C[C@@H](C(=O)N(C)C)CC[C@H]3NC(=O)c3cc4cc(Cl)ccc4[nH]3)sc2C1.Cl. The second-order valence-electron chi connectivity index (χ2n) is 10.2. The van der Waals surface area contributed by atoms with Crippen molar-refractivity contribution in [3.05, 3.63) is 50.6 Å². The number of likely N-dealkylation sites (N-methyl/N-ethyl adjacent to an activating group) is 1. The lowest BCUT2D eigenvalue weighted by Crippen LogP contribution is -2.56. The van der Waals surface area contributed by atoms with Crippen LogP contribution < -0.4 is 10.6 Å². The van der Waals surface area contributed by atoms with Gasteiger partial charge in [-0.25, -0.2) is 4.98 Å². The van der Waals surface area contributed by atoms with Crippen LogP contribution in [0.1, 0.15) is 50.1 Å². The summed E-state index contributed by atoms with van der Waals surface area (Å²) in [5.74, 6) is -0.711. The maximum atomic E-state index is 13.3. The molecule has 3 N–H and O–H groups in total. The molecule has 3 aromatic rings. The first-order chi connectivity index (χ1) is 17.7. The van der Waals surface area contributed by atoms with Crippen molar-refractivity contribution in [2.24, 2.45) is 5.92 Å². The second kappa shape index (κ2) is 11.6. The zero-order valence-corrected chi connectivity index (χ0v) is 23.9. The number of amides is 3. The van der Waals surface area contributed by atoms with E-state index in [-0.39, 0.29) is 42.1 Å². The molecule has 0 spiro atoms. The van der Waals surface area contributed by atoms with E-state index in [9.17, 15) is 14.4 Å². The molecule has 1 fully saturated rings. The van der Waals surface area contributed by atoms with Crippen LogP contribution in [0.4, 0.5) is 0 Å². The third kappa shape index (κ3) is 5.98. The van der Waals surface area contributed by atoms with Crippen molar-refractivity contribution >= 4 is 64.0 Å². The van der Waals surface area contributed by atoms with Crippen molar-refractivity contribution in [3.8, 4) is 0 Å². The minimum Gasteiger partial charge on any atom is -0.351 e. The molecule has 2 aromatic heterocycles. The van der Waals surface area contributed by atoms with Crippen LogP contribution in [0, 0.1) is 5.92 Å². The van der Waals surface area contributed by atoms with E-state index in [0.717, 1.165) is 41.0 Å². The number of aromatic nitrogens is 2. The van der Waals surface area contributed by atoms with Gasteiger partial charge >= 0.3 is 0 Å². The lowest BCUT2D eigenvalue weighted by Gasteiger charge is -2.37. The molecule has 0 bridgehead atoms. The van der Waals surface area contributed by atoms with Crippen molar-refractivity contribution in [1.82, 2.24) is 30.4 Å². The van der Waals surface area contributed by atoms with Gasteiger partial charge in [-0.3, -0.25) is 14.4 Å². The molecule has 12 heteroatoms. The van der Waals surface area contributed by atoms with Gasteiger partial charge in [-0.1, -0.05) is 11.6 Å². The number of carbonyl (C=O) groups excluding carboxylic acids is 3. The zero-order chi connectivity index (χ0) is 26.3. The Balaban J connectivity index is 0.00000336. The number of nitrogens with one attached hydrogen (secondary N) is 3. The summed E-state index contributed by atoms with van der Waals surface area (Å²) in [7, 11) is 5.54. The van der Waals surface area contributed by atoms with E-state index in [0.29, 0.717) is 35.0 Å². The Morgan fingerprint density at radius 3 is 2.66 bits per heavy atom. The molecule has 9 nitrogen and oxygen atoms in total. The standard InChI is InChI=1S/C26H31ClN6O3S.ClH/c1-32(2)26(36)14-4-6-18(29-23(34)21-12-15-10-16(27)5-7-17(15)28-21)20(11-14)30-24(35)25-31-19-8-9-33(3)13-22(19)37-25;/h5,7,10,12,14,18,20,28H,4,6,8-9,11,13H2,1-3H3,(H,29,34)(H,30,35);1H/t14-,18+,20-;/m0./s1. The quantitative estimate of drug-likeness (QED) is 0.429. The first kappa shape index (κ1) is 28.4. The van der Waals surface area contributed by atoms with Gasteiger partial charge in [-0.2, -0.15) is 0 Å². The van der Waals surface area contributed by atoms with Crippen LogP contribution in [0.3, 0.4) is 0 Å². The molecular formula is C26H32Cl2N6O3S. The Hall–Kier alpha value is -2.66. The maximum Gasteiger partial charge on any atom is 0.280 e. The number of halogens is 2. The van der Waals surface area contributed by atoms with Crippen LogP contribution >= 0.6 is 35.3 Å². The van der Waals surface area contributed by atoms with Gasteiger partial charge in [-0.15, -0.1) is 23.7 Å². The fraction of sp³-hybridized carbons (Fsp3) is 0.462. The lowest BCUT2D eigenvalue weighted by molar-refractivity contribution is -0.134. The summed E-state index contributed by atoms with van der Waals surface area (Å²) in [4.78, 5) is 51.8. The molecule has 204 valence electrons. The molecule has 3 atom stereocenters. The lowest BCUT2D eigenvalue weighted by atomic mass is 9.81. The smallest absolute Gasteiger partial charge is 0.280 e. The Kier molecular flexibility index (Phi) is 8.66. The number of carbonyl (C=O) groups is 3. The maximum absolute atomic E-state index is 13.3. The monoisotopic (exact) mass is 578 g/mol. The van der Waals surface area contributed by atoms with Gasteiger partial charge in [0.1, 0.15) is 5.69 Å². The van der Waals surface area contributed by atoms with Crippen molar-refractivity contribution in [1.29, 1.82) is 0 Å². The highest BCUT2D eigenvalue weighted by Crippen LogP contribution is 2.29. The molecule has 38 heavy (non-hydrogen) atoms. The van der Waals surface area contributed by atoms with Crippen LogP contribution in [0.15, 0.2) is 24.3 Å². The van der Waals surface area contributed by atoms with E-state index >= 15 is 0 Å². The van der Waals surface area contributed by atoms with Gasteiger partial charge in [-0.05, 0) is 50.6 Å². The zero-order valence-electron chi connectivity index (χ0n) is 21.5. The summed E-state index contributed by atoms with van der Waals surface area (Å²) in [6.45, 7) is 1.71. The first-order valence-electron chi connectivity index (χ1n) is 12.5. The summed E-state index contributed by atoms with van der Waals surface area (Å²) in [6.07, 6.45) is 2.48. The number of thiazole rings is 1. The number of hydrogen-bond donors (Lipinski definition) is 3. The first-order valence-corrected chi connectivity index (χ1v) is 13.7. The molecule has 1 aromatic carbocycles. The number of hydrogen-bond acceptors (Lipinski definition) is 6. The van der Waals surface area contributed by atoms with Crippen molar-refractivity contribution in [2.75, 3.05) is 27.7 Å². The summed E-state index contributed by atoms with van der Waals surface area (Å²) in [5, 5.41) is 8.07. The molecule has 1 aliphatic heterocycles. The highest BCUT2D eigenvalue weighted by Gasteiger charge is 2.37. The molecule has 3 heterocycles. The Morgan fingerprint density at radius 1 is 1.13 bits per heavy atom. The molecule has 0 unspecified atom stereocenters. The molecule has 2 aliphatic rings. The average Bonchev–Trinajstić information content (AvgIpc) is 3.48. The van der Waals surface area contributed by atoms with Gasteiger partial charge < -0.3 is 25.4 Å². The van der Waals surface area contributed by atoms with Crippen LogP contribution in [0.2, 0.25) is 5.02 Å². The minimum absolute atomic E-state index is 0. The Morgan fingerprint density at radius 2 is 1.89 bits per heavy atom. The summed E-state index contributed by atoms with van der Waals surface area (Å²) in [6, 6.07) is 6.45. The van der Waals surface area contributed by atoms with E-state index in [1.54, 1.807) is 37.2 Å². The van der Waals surface area contributed by atoms with Gasteiger partial charge in [0, 0.05) is 66.4 Å². The van der Waals surface area contributed by atoms with E-state index in [1.807, 2.05) is 6.07 Å². The Labute approximate surface area is 236 Å². The van der Waals surface area contributed by atoms with Crippen LogP contribution in [-0.2, 0) is 17.8 Å². The highest BCUT2D eigenvalue weighted by molar-refractivity contribution is 7.13. The summed E-state index contributed by atoms with van der Waals surface area (Å²) in [5.41, 5.74) is 2.23. The third-order valence-corrected chi connectivity index (χ3v) is 8.53. The topological polar surface area (TPSA) is 110 Å². The fourth-order valence-electron chi connectivity index (χ4n) is 5.21. The highest BCUT2D eigenvalue weighted by atomic mass is 35.5. The molecule has 0 saturated heterocycles. The van der Waals surface area contributed by atoms with Gasteiger partial charge in [0.2, 0.25) is 5.91 Å². The average molecular weight is 580 g/mol. The van der Waals surface area contributed by atoms with E-state index in [4.69, 9.17) is 11.6 Å².